The van der Waals surface area contributed by atoms with Crippen molar-refractivity contribution in [3.05, 3.63) is 23.8 Å². The Bertz CT molecular complexity index is 338. The molecule has 0 fully saturated rings. The van der Waals surface area contributed by atoms with Crippen molar-refractivity contribution in [2.45, 2.75) is 6.92 Å². The molecule has 0 saturated heterocycles. The molecule has 4 nitrogen and oxygen atoms in total. The third kappa shape index (κ3) is 2.08. The lowest BCUT2D eigenvalue weighted by atomic mass is 9.79. The van der Waals surface area contributed by atoms with Gasteiger partial charge in [0.15, 0.2) is 5.78 Å². The Morgan fingerprint density at radius 3 is 2.46 bits per heavy atom. The molecule has 0 bridgehead atoms. The number of carbonyl (C=O) groups is 1. The van der Waals surface area contributed by atoms with E-state index in [0.717, 1.165) is 0 Å². The molecule has 4 N–H and O–H groups in total. The van der Waals surface area contributed by atoms with E-state index in [2.05, 4.69) is 0 Å². The Hall–Kier alpha value is -1.33. The Kier molecular flexibility index (Phi) is 2.70. The molecule has 0 aliphatic heterocycles. The summed E-state index contributed by atoms with van der Waals surface area (Å²) in [7, 11) is -1.55. The van der Waals surface area contributed by atoms with E-state index in [9.17, 15) is 4.79 Å². The van der Waals surface area contributed by atoms with Crippen LogP contribution >= 0.6 is 0 Å². The van der Waals surface area contributed by atoms with Gasteiger partial charge in [-0.3, -0.25) is 4.79 Å². The Morgan fingerprint density at radius 2 is 2.08 bits per heavy atom. The molecule has 5 heteroatoms. The second kappa shape index (κ2) is 3.59. The highest BCUT2D eigenvalue weighted by Gasteiger charge is 2.13. The van der Waals surface area contributed by atoms with E-state index < -0.39 is 7.12 Å². The normalized spacial score (nSPS) is 9.77. The topological polar surface area (TPSA) is 83.5 Å². The molecule has 1 rings (SSSR count). The van der Waals surface area contributed by atoms with E-state index in [-0.39, 0.29) is 16.9 Å². The Balaban J connectivity index is 3.13. The van der Waals surface area contributed by atoms with Crippen LogP contribution in [0.2, 0.25) is 0 Å². The smallest absolute Gasteiger partial charge is 0.423 e. The molecule has 1 aromatic carbocycles. The number of ketones is 1. The lowest BCUT2D eigenvalue weighted by Gasteiger charge is -2.04. The zero-order valence-electron chi connectivity index (χ0n) is 7.19. The van der Waals surface area contributed by atoms with Crippen LogP contribution < -0.4 is 11.2 Å². The number of hydrogen-bond donors (Lipinski definition) is 3. The third-order valence-electron chi connectivity index (χ3n) is 1.75. The first-order valence-electron chi connectivity index (χ1n) is 3.79. The van der Waals surface area contributed by atoms with Crippen molar-refractivity contribution in [1.29, 1.82) is 0 Å². The van der Waals surface area contributed by atoms with Gasteiger partial charge in [-0.05, 0) is 24.5 Å². The van der Waals surface area contributed by atoms with Crippen LogP contribution in [0.4, 0.5) is 5.69 Å². The monoisotopic (exact) mass is 179 g/mol. The summed E-state index contributed by atoms with van der Waals surface area (Å²) in [4.78, 5) is 10.9. The minimum atomic E-state index is -1.55. The average Bonchev–Trinajstić information content (AvgIpc) is 2.03. The average molecular weight is 179 g/mol. The zero-order chi connectivity index (χ0) is 10.0. The van der Waals surface area contributed by atoms with Crippen molar-refractivity contribution in [3.8, 4) is 0 Å². The van der Waals surface area contributed by atoms with Crippen LogP contribution in [0.3, 0.4) is 0 Å². The van der Waals surface area contributed by atoms with Crippen molar-refractivity contribution >= 4 is 24.1 Å². The van der Waals surface area contributed by atoms with Crippen LogP contribution in [0, 0.1) is 0 Å². The first-order valence-corrected chi connectivity index (χ1v) is 3.79. The molecule has 1 aromatic rings. The van der Waals surface area contributed by atoms with E-state index in [1.807, 2.05) is 0 Å². The highest BCUT2D eigenvalue weighted by molar-refractivity contribution is 6.58. The zero-order valence-corrected chi connectivity index (χ0v) is 7.19. The number of anilines is 1. The van der Waals surface area contributed by atoms with Gasteiger partial charge in [0.1, 0.15) is 0 Å². The highest BCUT2D eigenvalue weighted by Crippen LogP contribution is 2.09. The molecular formula is C8H10BNO3. The summed E-state index contributed by atoms with van der Waals surface area (Å²) in [5.41, 5.74) is 6.45. The van der Waals surface area contributed by atoms with Gasteiger partial charge in [0.05, 0.1) is 0 Å². The van der Waals surface area contributed by atoms with Crippen LogP contribution in [0.25, 0.3) is 0 Å². The number of nitrogen functional groups attached to an aromatic ring is 1. The fourth-order valence-corrected chi connectivity index (χ4v) is 1.06. The van der Waals surface area contributed by atoms with Gasteiger partial charge in [0, 0.05) is 11.3 Å². The predicted octanol–water partition coefficient (Wildman–Crippen LogP) is -0.849. The standard InChI is InChI=1S/C8H10BNO3/c1-5(11)7-3-2-6(9(12)13)4-8(7)10/h2-4,12-13H,10H2,1H3. The molecule has 0 atom stereocenters. The van der Waals surface area contributed by atoms with Gasteiger partial charge in [-0.2, -0.15) is 0 Å². The van der Waals surface area contributed by atoms with Crippen LogP contribution in [-0.2, 0) is 0 Å². The first-order chi connectivity index (χ1) is 6.02. The lowest BCUT2D eigenvalue weighted by molar-refractivity contribution is 0.101. The maximum atomic E-state index is 10.9. The number of benzene rings is 1. The van der Waals surface area contributed by atoms with Crippen LogP contribution in [0.1, 0.15) is 17.3 Å². The molecule has 0 spiro atoms. The van der Waals surface area contributed by atoms with E-state index in [0.29, 0.717) is 5.56 Å². The van der Waals surface area contributed by atoms with Gasteiger partial charge in [0.2, 0.25) is 0 Å². The summed E-state index contributed by atoms with van der Waals surface area (Å²) < 4.78 is 0. The fraction of sp³-hybridized carbons (Fsp3) is 0.125. The largest absolute Gasteiger partial charge is 0.488 e. The molecule has 0 heterocycles. The van der Waals surface area contributed by atoms with Crippen molar-refractivity contribution in [2.24, 2.45) is 0 Å². The summed E-state index contributed by atoms with van der Waals surface area (Å²) in [5, 5.41) is 17.6. The summed E-state index contributed by atoms with van der Waals surface area (Å²) in [6.07, 6.45) is 0. The summed E-state index contributed by atoms with van der Waals surface area (Å²) in [6.45, 7) is 1.40. The molecule has 0 saturated carbocycles. The van der Waals surface area contributed by atoms with Crippen LogP contribution in [0.5, 0.6) is 0 Å². The molecule has 0 radical (unpaired) electrons. The van der Waals surface area contributed by atoms with Gasteiger partial charge in [-0.25, -0.2) is 0 Å². The molecule has 0 unspecified atom stereocenters. The molecule has 0 aromatic heterocycles. The Morgan fingerprint density at radius 1 is 1.46 bits per heavy atom. The first kappa shape index (κ1) is 9.76. The minimum Gasteiger partial charge on any atom is -0.423 e. The highest BCUT2D eigenvalue weighted by atomic mass is 16.4. The maximum Gasteiger partial charge on any atom is 0.488 e. The van der Waals surface area contributed by atoms with Crippen molar-refractivity contribution in [2.75, 3.05) is 5.73 Å². The SMILES string of the molecule is CC(=O)c1ccc(B(O)O)cc1N. The molecule has 0 aliphatic carbocycles. The van der Waals surface area contributed by atoms with Crippen LogP contribution in [-0.4, -0.2) is 22.9 Å². The van der Waals surface area contributed by atoms with Gasteiger partial charge >= 0.3 is 7.12 Å². The van der Waals surface area contributed by atoms with Crippen molar-refractivity contribution in [1.82, 2.24) is 0 Å². The minimum absolute atomic E-state index is 0.142. The number of hydrogen-bond acceptors (Lipinski definition) is 4. The van der Waals surface area contributed by atoms with Crippen molar-refractivity contribution < 1.29 is 14.8 Å². The number of Topliss-reactive ketones (excluding diaryl/α,β-unsaturated/α-hetero) is 1. The van der Waals surface area contributed by atoms with E-state index in [4.69, 9.17) is 15.8 Å². The number of nitrogens with two attached hydrogens (primary N) is 1. The maximum absolute atomic E-state index is 10.9. The van der Waals surface area contributed by atoms with E-state index in [1.165, 1.54) is 25.1 Å². The van der Waals surface area contributed by atoms with Gasteiger partial charge in [-0.1, -0.05) is 6.07 Å². The number of carbonyl (C=O) groups excluding carboxylic acids is 1. The second-order valence-corrected chi connectivity index (χ2v) is 2.78. The van der Waals surface area contributed by atoms with Crippen LogP contribution in [0.15, 0.2) is 18.2 Å². The van der Waals surface area contributed by atoms with Gasteiger partial charge in [0.25, 0.3) is 0 Å². The fourth-order valence-electron chi connectivity index (χ4n) is 1.06. The number of rotatable bonds is 2. The molecule has 13 heavy (non-hydrogen) atoms. The Labute approximate surface area is 76.1 Å². The third-order valence-corrected chi connectivity index (χ3v) is 1.75. The molecular weight excluding hydrogens is 169 g/mol. The lowest BCUT2D eigenvalue weighted by Crippen LogP contribution is -2.30. The van der Waals surface area contributed by atoms with Gasteiger partial charge < -0.3 is 15.8 Å². The van der Waals surface area contributed by atoms with E-state index >= 15 is 0 Å². The second-order valence-electron chi connectivity index (χ2n) is 2.78. The molecule has 0 amide bonds. The molecule has 68 valence electrons. The summed E-state index contributed by atoms with van der Waals surface area (Å²) in [6, 6.07) is 4.31. The quantitative estimate of drug-likeness (QED) is 0.313. The van der Waals surface area contributed by atoms with Gasteiger partial charge in [-0.15, -0.1) is 0 Å². The van der Waals surface area contributed by atoms with E-state index in [1.54, 1.807) is 0 Å². The summed E-state index contributed by atoms with van der Waals surface area (Å²) in [5.74, 6) is -0.142. The predicted molar refractivity (Wildman–Crippen MR) is 50.7 cm³/mol. The summed E-state index contributed by atoms with van der Waals surface area (Å²) >= 11 is 0. The van der Waals surface area contributed by atoms with Crippen molar-refractivity contribution in [3.63, 3.8) is 0 Å². The molecule has 0 aliphatic rings.